The number of amides is 1. The maximum atomic E-state index is 13.6. The Morgan fingerprint density at radius 3 is 2.81 bits per heavy atom. The third kappa shape index (κ3) is 5.59. The standard InChI is InChI=1S/C24H26ClFN2O4/c1-15-2-4-20(12-21(15)26)31-14-19(29)13-28-8-6-18(7-9-28)27-24(30)23-11-16-10-17(25)3-5-22(16)32-23/h2-5,10-12,18-19,29H,6-9,13-14H2,1H3,(H,27,30). The van der Waals surface area contributed by atoms with Gasteiger partial charge in [0.05, 0.1) is 0 Å². The lowest BCUT2D eigenvalue weighted by molar-refractivity contribution is 0.0565. The number of halogens is 2. The normalized spacial score (nSPS) is 16.2. The fourth-order valence-corrected chi connectivity index (χ4v) is 4.03. The molecular formula is C24H26ClFN2O4. The number of likely N-dealkylation sites (tertiary alicyclic amines) is 1. The van der Waals surface area contributed by atoms with Gasteiger partial charge in [0.1, 0.15) is 29.9 Å². The molecule has 2 heterocycles. The van der Waals surface area contributed by atoms with E-state index in [1.54, 1.807) is 43.3 Å². The first-order valence-corrected chi connectivity index (χ1v) is 11.0. The van der Waals surface area contributed by atoms with E-state index in [-0.39, 0.29) is 30.1 Å². The fraction of sp³-hybridized carbons (Fsp3) is 0.375. The van der Waals surface area contributed by atoms with Crippen molar-refractivity contribution in [1.82, 2.24) is 10.2 Å². The van der Waals surface area contributed by atoms with Crippen molar-refractivity contribution in [2.45, 2.75) is 31.9 Å². The monoisotopic (exact) mass is 460 g/mol. The molecule has 32 heavy (non-hydrogen) atoms. The highest BCUT2D eigenvalue weighted by Gasteiger charge is 2.24. The Morgan fingerprint density at radius 1 is 1.28 bits per heavy atom. The summed E-state index contributed by atoms with van der Waals surface area (Å²) in [5, 5.41) is 14.7. The molecule has 1 fully saturated rings. The molecule has 4 rings (SSSR count). The van der Waals surface area contributed by atoms with E-state index in [2.05, 4.69) is 10.2 Å². The summed E-state index contributed by atoms with van der Waals surface area (Å²) in [4.78, 5) is 14.7. The summed E-state index contributed by atoms with van der Waals surface area (Å²) in [6.45, 7) is 3.73. The van der Waals surface area contributed by atoms with Gasteiger partial charge in [-0.2, -0.15) is 0 Å². The average molecular weight is 461 g/mol. The van der Waals surface area contributed by atoms with Crippen molar-refractivity contribution in [2.24, 2.45) is 0 Å². The van der Waals surface area contributed by atoms with Crippen molar-refractivity contribution in [3.63, 3.8) is 0 Å². The molecule has 0 spiro atoms. The molecule has 6 nitrogen and oxygen atoms in total. The lowest BCUT2D eigenvalue weighted by atomic mass is 10.0. The maximum Gasteiger partial charge on any atom is 0.287 e. The van der Waals surface area contributed by atoms with Gasteiger partial charge in [0.15, 0.2) is 5.76 Å². The molecular weight excluding hydrogens is 435 g/mol. The largest absolute Gasteiger partial charge is 0.491 e. The van der Waals surface area contributed by atoms with Crippen LogP contribution in [-0.2, 0) is 0 Å². The van der Waals surface area contributed by atoms with Crippen LogP contribution in [0.1, 0.15) is 29.0 Å². The molecule has 1 unspecified atom stereocenters. The molecule has 3 aromatic rings. The van der Waals surface area contributed by atoms with E-state index in [0.717, 1.165) is 31.3 Å². The fourth-order valence-electron chi connectivity index (χ4n) is 3.85. The molecule has 8 heteroatoms. The Morgan fingerprint density at radius 2 is 2.06 bits per heavy atom. The third-order valence-electron chi connectivity index (χ3n) is 5.68. The van der Waals surface area contributed by atoms with Crippen molar-refractivity contribution >= 4 is 28.5 Å². The van der Waals surface area contributed by atoms with Crippen LogP contribution < -0.4 is 10.1 Å². The van der Waals surface area contributed by atoms with Gasteiger partial charge in [-0.25, -0.2) is 4.39 Å². The summed E-state index contributed by atoms with van der Waals surface area (Å²) >= 11 is 5.99. The van der Waals surface area contributed by atoms with Crippen LogP contribution in [0.4, 0.5) is 4.39 Å². The Bertz CT molecular complexity index is 1090. The van der Waals surface area contributed by atoms with Gasteiger partial charge < -0.3 is 24.5 Å². The SMILES string of the molecule is Cc1ccc(OCC(O)CN2CCC(NC(=O)c3cc4cc(Cl)ccc4o3)CC2)cc1F. The van der Waals surface area contributed by atoms with Gasteiger partial charge in [-0.15, -0.1) is 0 Å². The van der Waals surface area contributed by atoms with E-state index in [9.17, 15) is 14.3 Å². The molecule has 2 N–H and O–H groups in total. The smallest absolute Gasteiger partial charge is 0.287 e. The van der Waals surface area contributed by atoms with Crippen LogP contribution in [-0.4, -0.2) is 54.3 Å². The van der Waals surface area contributed by atoms with Crippen LogP contribution in [0.5, 0.6) is 5.75 Å². The molecule has 1 aliphatic rings. The van der Waals surface area contributed by atoms with E-state index < -0.39 is 6.10 Å². The van der Waals surface area contributed by atoms with Gasteiger partial charge in [0, 0.05) is 42.2 Å². The van der Waals surface area contributed by atoms with Crippen molar-refractivity contribution in [3.05, 3.63) is 64.6 Å². The number of hydrogen-bond acceptors (Lipinski definition) is 5. The molecule has 1 aliphatic heterocycles. The van der Waals surface area contributed by atoms with Crippen molar-refractivity contribution in [2.75, 3.05) is 26.2 Å². The van der Waals surface area contributed by atoms with Crippen molar-refractivity contribution in [1.29, 1.82) is 0 Å². The van der Waals surface area contributed by atoms with Crippen LogP contribution in [0.3, 0.4) is 0 Å². The molecule has 0 radical (unpaired) electrons. The van der Waals surface area contributed by atoms with Gasteiger partial charge >= 0.3 is 0 Å². The molecule has 1 atom stereocenters. The summed E-state index contributed by atoms with van der Waals surface area (Å²) in [7, 11) is 0. The first-order valence-electron chi connectivity index (χ1n) is 10.7. The molecule has 170 valence electrons. The van der Waals surface area contributed by atoms with Crippen molar-refractivity contribution in [3.8, 4) is 5.75 Å². The second kappa shape index (κ2) is 9.90. The van der Waals surface area contributed by atoms with Crippen LogP contribution in [0, 0.1) is 12.7 Å². The number of β-amino-alcohol motifs (C(OH)–C–C–N with tert-alkyl or cyclic N) is 1. The van der Waals surface area contributed by atoms with Gasteiger partial charge in [0.2, 0.25) is 0 Å². The predicted molar refractivity (Wildman–Crippen MR) is 121 cm³/mol. The number of nitrogens with zero attached hydrogens (tertiary/aromatic N) is 1. The molecule has 1 amide bonds. The summed E-state index contributed by atoms with van der Waals surface area (Å²) in [5.41, 5.74) is 1.18. The van der Waals surface area contributed by atoms with Crippen LogP contribution in [0.2, 0.25) is 5.02 Å². The quantitative estimate of drug-likeness (QED) is 0.553. The summed E-state index contributed by atoms with van der Waals surface area (Å²) in [6, 6.07) is 11.6. The second-order valence-electron chi connectivity index (χ2n) is 8.22. The molecule has 0 bridgehead atoms. The zero-order chi connectivity index (χ0) is 22.7. The van der Waals surface area contributed by atoms with Crippen LogP contribution in [0.15, 0.2) is 46.9 Å². The number of rotatable bonds is 7. The highest BCUT2D eigenvalue weighted by Crippen LogP contribution is 2.23. The number of hydrogen-bond donors (Lipinski definition) is 2. The number of aliphatic hydroxyl groups is 1. The number of aryl methyl sites for hydroxylation is 1. The third-order valence-corrected chi connectivity index (χ3v) is 5.91. The molecule has 1 saturated heterocycles. The van der Waals surface area contributed by atoms with Gasteiger partial charge in [-0.05, 0) is 55.7 Å². The Balaban J connectivity index is 1.21. The number of nitrogens with one attached hydrogen (secondary N) is 1. The van der Waals surface area contributed by atoms with Crippen LogP contribution in [0.25, 0.3) is 11.0 Å². The van der Waals surface area contributed by atoms with E-state index in [1.807, 2.05) is 0 Å². The average Bonchev–Trinajstić information content (AvgIpc) is 3.19. The topological polar surface area (TPSA) is 74.9 Å². The lowest BCUT2D eigenvalue weighted by Gasteiger charge is -2.33. The Kier molecular flexibility index (Phi) is 6.98. The minimum Gasteiger partial charge on any atom is -0.491 e. The number of carbonyl (C=O) groups is 1. The summed E-state index contributed by atoms with van der Waals surface area (Å²) < 4.78 is 24.7. The number of carbonyl (C=O) groups excluding carboxylic acids is 1. The lowest BCUT2D eigenvalue weighted by Crippen LogP contribution is -2.47. The molecule has 2 aromatic carbocycles. The number of benzene rings is 2. The zero-order valence-corrected chi connectivity index (χ0v) is 18.6. The highest BCUT2D eigenvalue weighted by molar-refractivity contribution is 6.31. The predicted octanol–water partition coefficient (Wildman–Crippen LogP) is 4.17. The minimum absolute atomic E-state index is 0.0412. The number of furan rings is 1. The number of piperidine rings is 1. The second-order valence-corrected chi connectivity index (χ2v) is 8.65. The van der Waals surface area contributed by atoms with Gasteiger partial charge in [-0.3, -0.25) is 4.79 Å². The molecule has 1 aromatic heterocycles. The van der Waals surface area contributed by atoms with Crippen molar-refractivity contribution < 1.29 is 23.4 Å². The summed E-state index contributed by atoms with van der Waals surface area (Å²) in [6.07, 6.45) is 0.858. The first-order chi connectivity index (χ1) is 15.4. The molecule has 0 aliphatic carbocycles. The molecule has 0 saturated carbocycles. The summed E-state index contributed by atoms with van der Waals surface area (Å²) in [5.74, 6) is 0.105. The van der Waals surface area contributed by atoms with E-state index in [4.69, 9.17) is 20.8 Å². The Hall–Kier alpha value is -2.61. The van der Waals surface area contributed by atoms with Crippen LogP contribution >= 0.6 is 11.6 Å². The first kappa shape index (κ1) is 22.6. The number of fused-ring (bicyclic) bond motifs is 1. The number of ether oxygens (including phenoxy) is 1. The Labute approximate surface area is 190 Å². The van der Waals surface area contributed by atoms with E-state index in [1.165, 1.54) is 6.07 Å². The highest BCUT2D eigenvalue weighted by atomic mass is 35.5. The van der Waals surface area contributed by atoms with Gasteiger partial charge in [-0.1, -0.05) is 17.7 Å². The van der Waals surface area contributed by atoms with E-state index >= 15 is 0 Å². The van der Waals surface area contributed by atoms with Gasteiger partial charge in [0.25, 0.3) is 5.91 Å². The minimum atomic E-state index is -0.687. The number of aliphatic hydroxyl groups excluding tert-OH is 1. The maximum absolute atomic E-state index is 13.6. The zero-order valence-electron chi connectivity index (χ0n) is 17.8. The van der Waals surface area contributed by atoms with E-state index in [0.29, 0.717) is 28.5 Å².